The number of carbonyl (C=O) groups is 1. The highest BCUT2D eigenvalue weighted by Gasteiger charge is 2.24. The molecule has 1 heterocycles. The van der Waals surface area contributed by atoms with Crippen LogP contribution in [0.4, 0.5) is 4.39 Å². The molecule has 2 N–H and O–H groups in total. The summed E-state index contributed by atoms with van der Waals surface area (Å²) in [5, 5.41) is 0.150. The lowest BCUT2D eigenvalue weighted by atomic mass is 10.1. The number of hydrogen-bond donors (Lipinski definition) is 1. The fourth-order valence-corrected chi connectivity index (χ4v) is 2.75. The van der Waals surface area contributed by atoms with Crippen molar-refractivity contribution < 1.29 is 9.18 Å². The van der Waals surface area contributed by atoms with Gasteiger partial charge in [0.1, 0.15) is 5.82 Å². The molecule has 1 aromatic rings. The Kier molecular flexibility index (Phi) is 6.29. The number of nitrogens with two attached hydrogens (primary N) is 1. The fourth-order valence-electron chi connectivity index (χ4n) is 2.05. The van der Waals surface area contributed by atoms with Crippen LogP contribution in [0.1, 0.15) is 23.2 Å². The molecule has 0 aliphatic carbocycles. The predicted molar refractivity (Wildman–Crippen MR) is 84.5 cm³/mol. The molecule has 1 amide bonds. The van der Waals surface area contributed by atoms with Gasteiger partial charge in [-0.05, 0) is 47.6 Å². The molecule has 106 valence electrons. The van der Waals surface area contributed by atoms with E-state index < -0.39 is 5.82 Å². The number of piperidine rings is 1. The summed E-state index contributed by atoms with van der Waals surface area (Å²) in [6.07, 6.45) is 1.82. The van der Waals surface area contributed by atoms with Gasteiger partial charge in [-0.3, -0.25) is 4.79 Å². The van der Waals surface area contributed by atoms with Crippen LogP contribution >= 0.6 is 46.6 Å². The maximum Gasteiger partial charge on any atom is 0.255 e. The molecule has 0 bridgehead atoms. The van der Waals surface area contributed by atoms with Crippen molar-refractivity contribution in [1.29, 1.82) is 0 Å². The molecule has 0 saturated carbocycles. The van der Waals surface area contributed by atoms with Gasteiger partial charge in [-0.2, -0.15) is 0 Å². The van der Waals surface area contributed by atoms with Crippen LogP contribution in [0.5, 0.6) is 0 Å². The van der Waals surface area contributed by atoms with Crippen molar-refractivity contribution in [3.63, 3.8) is 0 Å². The van der Waals surface area contributed by atoms with E-state index in [1.165, 1.54) is 12.1 Å². The summed E-state index contributed by atoms with van der Waals surface area (Å²) in [7, 11) is 0. The Morgan fingerprint density at radius 2 is 2.21 bits per heavy atom. The third kappa shape index (κ3) is 3.93. The van der Waals surface area contributed by atoms with Crippen molar-refractivity contribution in [1.82, 2.24) is 4.90 Å². The van der Waals surface area contributed by atoms with Crippen molar-refractivity contribution in [2.75, 3.05) is 13.1 Å². The van der Waals surface area contributed by atoms with Crippen molar-refractivity contribution >= 4 is 52.5 Å². The van der Waals surface area contributed by atoms with Crippen LogP contribution in [0, 0.1) is 9.39 Å². The van der Waals surface area contributed by atoms with Gasteiger partial charge < -0.3 is 10.6 Å². The zero-order valence-electron chi connectivity index (χ0n) is 10.0. The van der Waals surface area contributed by atoms with E-state index in [9.17, 15) is 9.18 Å². The number of carbonyl (C=O) groups excluding carboxylic acids is 1. The maximum absolute atomic E-state index is 13.3. The van der Waals surface area contributed by atoms with E-state index in [1.54, 1.807) is 4.90 Å². The van der Waals surface area contributed by atoms with Crippen molar-refractivity contribution in [2.45, 2.75) is 18.9 Å². The summed E-state index contributed by atoms with van der Waals surface area (Å²) >= 11 is 7.78. The molecule has 1 saturated heterocycles. The molecule has 1 aromatic carbocycles. The fraction of sp³-hybridized carbons (Fsp3) is 0.417. The zero-order valence-corrected chi connectivity index (χ0v) is 13.8. The highest BCUT2D eigenvalue weighted by atomic mass is 127. The average molecular weight is 419 g/mol. The summed E-state index contributed by atoms with van der Waals surface area (Å²) in [6.45, 7) is 1.21. The lowest BCUT2D eigenvalue weighted by Gasteiger charge is -2.31. The summed E-state index contributed by atoms with van der Waals surface area (Å²) in [5.74, 6) is -0.583. The van der Waals surface area contributed by atoms with E-state index in [4.69, 9.17) is 17.3 Å². The minimum absolute atomic E-state index is 0. The summed E-state index contributed by atoms with van der Waals surface area (Å²) < 4.78 is 13.7. The molecule has 7 heteroatoms. The molecule has 1 fully saturated rings. The predicted octanol–water partition coefficient (Wildman–Crippen LogP) is 3.07. The topological polar surface area (TPSA) is 46.3 Å². The number of benzene rings is 1. The minimum atomic E-state index is -0.410. The smallest absolute Gasteiger partial charge is 0.255 e. The number of amides is 1. The molecule has 0 spiro atoms. The number of halogens is 4. The van der Waals surface area contributed by atoms with Gasteiger partial charge in [0.2, 0.25) is 0 Å². The highest BCUT2D eigenvalue weighted by molar-refractivity contribution is 14.1. The first-order valence-electron chi connectivity index (χ1n) is 5.68. The van der Waals surface area contributed by atoms with Gasteiger partial charge >= 0.3 is 0 Å². The molecule has 0 aromatic heterocycles. The lowest BCUT2D eigenvalue weighted by molar-refractivity contribution is 0.0709. The largest absolute Gasteiger partial charge is 0.337 e. The third-order valence-electron chi connectivity index (χ3n) is 2.99. The summed E-state index contributed by atoms with van der Waals surface area (Å²) in [6, 6.07) is 2.68. The van der Waals surface area contributed by atoms with Gasteiger partial charge in [0.25, 0.3) is 5.91 Å². The molecule has 1 aliphatic rings. The van der Waals surface area contributed by atoms with Gasteiger partial charge in [0.15, 0.2) is 0 Å². The standard InChI is InChI=1S/C12H13ClFIN2O.ClH/c13-9-5-10(14)11(15)4-8(9)12(18)17-3-1-2-7(16)6-17;/h4-5,7H,1-3,6,16H2;1H. The van der Waals surface area contributed by atoms with E-state index in [0.717, 1.165) is 12.8 Å². The Balaban J connectivity index is 0.00000180. The second-order valence-electron chi connectivity index (χ2n) is 4.40. The van der Waals surface area contributed by atoms with Crippen LogP contribution < -0.4 is 5.73 Å². The Morgan fingerprint density at radius 3 is 2.84 bits per heavy atom. The van der Waals surface area contributed by atoms with Gasteiger partial charge in [0.05, 0.1) is 10.6 Å². The Labute approximate surface area is 136 Å². The monoisotopic (exact) mass is 418 g/mol. The first-order valence-corrected chi connectivity index (χ1v) is 7.14. The normalized spacial score (nSPS) is 18.9. The first-order chi connectivity index (χ1) is 8.49. The van der Waals surface area contributed by atoms with Crippen LogP contribution in [0.2, 0.25) is 5.02 Å². The summed E-state index contributed by atoms with van der Waals surface area (Å²) in [5.41, 5.74) is 6.19. The maximum atomic E-state index is 13.3. The Morgan fingerprint density at radius 1 is 1.53 bits per heavy atom. The number of nitrogens with zero attached hydrogens (tertiary/aromatic N) is 1. The van der Waals surface area contributed by atoms with Gasteiger partial charge in [0, 0.05) is 22.7 Å². The molecule has 1 unspecified atom stereocenters. The Bertz CT molecular complexity index is 487. The van der Waals surface area contributed by atoms with Crippen LogP contribution in [0.25, 0.3) is 0 Å². The second kappa shape index (κ2) is 7.06. The lowest BCUT2D eigenvalue weighted by Crippen LogP contribution is -2.45. The molecular weight excluding hydrogens is 405 g/mol. The molecule has 2 rings (SSSR count). The van der Waals surface area contributed by atoms with E-state index in [2.05, 4.69) is 0 Å². The molecule has 0 radical (unpaired) electrons. The van der Waals surface area contributed by atoms with Crippen molar-refractivity contribution in [3.05, 3.63) is 32.1 Å². The van der Waals surface area contributed by atoms with Gasteiger partial charge in [-0.1, -0.05) is 11.6 Å². The third-order valence-corrected chi connectivity index (χ3v) is 4.12. The van der Waals surface area contributed by atoms with Crippen LogP contribution in [0.15, 0.2) is 12.1 Å². The number of likely N-dealkylation sites (tertiary alicyclic amines) is 1. The van der Waals surface area contributed by atoms with Crippen molar-refractivity contribution in [3.8, 4) is 0 Å². The Hall–Kier alpha value is -0.110. The van der Waals surface area contributed by atoms with E-state index in [1.807, 2.05) is 22.6 Å². The molecule has 19 heavy (non-hydrogen) atoms. The highest BCUT2D eigenvalue weighted by Crippen LogP contribution is 2.24. The van der Waals surface area contributed by atoms with E-state index in [-0.39, 0.29) is 29.4 Å². The minimum Gasteiger partial charge on any atom is -0.337 e. The van der Waals surface area contributed by atoms with Crippen molar-refractivity contribution in [2.24, 2.45) is 5.73 Å². The molecule has 3 nitrogen and oxygen atoms in total. The first kappa shape index (κ1) is 16.9. The van der Waals surface area contributed by atoms with Crippen LogP contribution in [0.3, 0.4) is 0 Å². The molecular formula is C12H14Cl2FIN2O. The van der Waals surface area contributed by atoms with Gasteiger partial charge in [-0.25, -0.2) is 4.39 Å². The summed E-state index contributed by atoms with van der Waals surface area (Å²) in [4.78, 5) is 14.0. The zero-order chi connectivity index (χ0) is 13.3. The van der Waals surface area contributed by atoms with Crippen LogP contribution in [-0.2, 0) is 0 Å². The quantitative estimate of drug-likeness (QED) is 0.562. The number of hydrogen-bond acceptors (Lipinski definition) is 2. The number of rotatable bonds is 1. The second-order valence-corrected chi connectivity index (χ2v) is 5.97. The average Bonchev–Trinajstić information content (AvgIpc) is 2.33. The van der Waals surface area contributed by atoms with E-state index >= 15 is 0 Å². The van der Waals surface area contributed by atoms with E-state index in [0.29, 0.717) is 22.2 Å². The SMILES string of the molecule is Cl.NC1CCCN(C(=O)c2cc(I)c(F)cc2Cl)C1. The molecule has 1 aliphatic heterocycles. The molecule has 1 atom stereocenters. The van der Waals surface area contributed by atoms with Crippen LogP contribution in [-0.4, -0.2) is 29.9 Å². The van der Waals surface area contributed by atoms with Gasteiger partial charge in [-0.15, -0.1) is 12.4 Å².